The molecule has 0 atom stereocenters. The summed E-state index contributed by atoms with van der Waals surface area (Å²) in [5.74, 6) is 1.06. The second kappa shape index (κ2) is 9.77. The summed E-state index contributed by atoms with van der Waals surface area (Å²) in [4.78, 5) is 4.19. The molecule has 0 spiro atoms. The van der Waals surface area contributed by atoms with Crippen LogP contribution in [0.5, 0.6) is 0 Å². The highest BCUT2D eigenvalue weighted by Gasteiger charge is 1.93. The smallest absolute Gasteiger partial charge is 0.188 e. The fourth-order valence-corrected chi connectivity index (χ4v) is 0.937. The summed E-state index contributed by atoms with van der Waals surface area (Å²) in [6.45, 7) is 9.42. The largest absolute Gasteiger partial charge is 0.380 e. The van der Waals surface area contributed by atoms with E-state index in [9.17, 15) is 0 Å². The molecule has 3 N–H and O–H groups in total. The van der Waals surface area contributed by atoms with E-state index in [1.54, 1.807) is 0 Å². The van der Waals surface area contributed by atoms with E-state index in [0.29, 0.717) is 18.5 Å². The third-order valence-corrected chi connectivity index (χ3v) is 1.82. The SMILES string of the molecule is CCCCOCCNC(N)=NCC(C)C. The van der Waals surface area contributed by atoms with Crippen LogP contribution in [-0.2, 0) is 4.74 Å². The third-order valence-electron chi connectivity index (χ3n) is 1.82. The van der Waals surface area contributed by atoms with Crippen molar-refractivity contribution in [1.29, 1.82) is 0 Å². The highest BCUT2D eigenvalue weighted by Crippen LogP contribution is 1.90. The number of nitrogens with zero attached hydrogens (tertiary/aromatic N) is 1. The van der Waals surface area contributed by atoms with E-state index in [4.69, 9.17) is 10.5 Å². The fraction of sp³-hybridized carbons (Fsp3) is 0.909. The van der Waals surface area contributed by atoms with Crippen LogP contribution in [0.25, 0.3) is 0 Å². The van der Waals surface area contributed by atoms with Gasteiger partial charge in [-0.2, -0.15) is 0 Å². The number of nitrogens with one attached hydrogen (secondary N) is 1. The summed E-state index contributed by atoms with van der Waals surface area (Å²) < 4.78 is 5.38. The van der Waals surface area contributed by atoms with E-state index in [1.165, 1.54) is 6.42 Å². The number of rotatable bonds is 8. The Bertz CT molecular complexity index is 169. The van der Waals surface area contributed by atoms with Crippen molar-refractivity contribution < 1.29 is 4.74 Å². The van der Waals surface area contributed by atoms with Crippen molar-refractivity contribution >= 4 is 5.96 Å². The number of hydrogen-bond donors (Lipinski definition) is 2. The molecular weight excluding hydrogens is 190 g/mol. The lowest BCUT2D eigenvalue weighted by atomic mass is 10.2. The predicted molar refractivity (Wildman–Crippen MR) is 65.1 cm³/mol. The number of nitrogens with two attached hydrogens (primary N) is 1. The van der Waals surface area contributed by atoms with Crippen LogP contribution in [0.1, 0.15) is 33.6 Å². The lowest BCUT2D eigenvalue weighted by Crippen LogP contribution is -2.34. The number of ether oxygens (including phenoxy) is 1. The summed E-state index contributed by atoms with van der Waals surface area (Å²) in [6.07, 6.45) is 2.29. The summed E-state index contributed by atoms with van der Waals surface area (Å²) in [5, 5.41) is 3.02. The zero-order valence-corrected chi connectivity index (χ0v) is 10.3. The van der Waals surface area contributed by atoms with Crippen molar-refractivity contribution in [2.24, 2.45) is 16.6 Å². The quantitative estimate of drug-likeness (QED) is 0.365. The predicted octanol–water partition coefficient (Wildman–Crippen LogP) is 1.36. The molecule has 0 fully saturated rings. The van der Waals surface area contributed by atoms with Gasteiger partial charge in [-0.05, 0) is 12.3 Å². The molecule has 0 unspecified atom stereocenters. The molecule has 15 heavy (non-hydrogen) atoms. The Labute approximate surface area is 93.3 Å². The van der Waals surface area contributed by atoms with Gasteiger partial charge in [0.1, 0.15) is 0 Å². The Hall–Kier alpha value is -0.770. The molecule has 0 aromatic rings. The Morgan fingerprint density at radius 2 is 2.13 bits per heavy atom. The molecule has 0 saturated carbocycles. The molecule has 0 heterocycles. The molecule has 0 saturated heterocycles. The molecule has 0 aromatic heterocycles. The Kier molecular flexibility index (Phi) is 9.27. The Morgan fingerprint density at radius 1 is 1.40 bits per heavy atom. The van der Waals surface area contributed by atoms with Gasteiger partial charge in [-0.1, -0.05) is 27.2 Å². The normalized spacial score (nSPS) is 12.1. The maximum atomic E-state index is 5.65. The van der Waals surface area contributed by atoms with Crippen LogP contribution >= 0.6 is 0 Å². The van der Waals surface area contributed by atoms with Crippen molar-refractivity contribution in [3.8, 4) is 0 Å². The number of guanidine groups is 1. The molecule has 0 amide bonds. The average molecular weight is 215 g/mol. The van der Waals surface area contributed by atoms with Gasteiger partial charge in [0.15, 0.2) is 5.96 Å². The highest BCUT2D eigenvalue weighted by atomic mass is 16.5. The monoisotopic (exact) mass is 215 g/mol. The molecular formula is C11H25N3O. The standard InChI is InChI=1S/C11H25N3O/c1-4-5-7-15-8-6-13-11(12)14-9-10(2)3/h10H,4-9H2,1-3H3,(H3,12,13,14). The minimum Gasteiger partial charge on any atom is -0.380 e. The fourth-order valence-electron chi connectivity index (χ4n) is 0.937. The van der Waals surface area contributed by atoms with Crippen molar-refractivity contribution in [1.82, 2.24) is 5.32 Å². The molecule has 0 aliphatic rings. The molecule has 0 aromatic carbocycles. The van der Waals surface area contributed by atoms with Gasteiger partial charge in [0.25, 0.3) is 0 Å². The molecule has 0 bridgehead atoms. The maximum absolute atomic E-state index is 5.65. The van der Waals surface area contributed by atoms with Crippen LogP contribution in [0, 0.1) is 5.92 Å². The second-order valence-electron chi connectivity index (χ2n) is 4.01. The van der Waals surface area contributed by atoms with Gasteiger partial charge in [0.2, 0.25) is 0 Å². The van der Waals surface area contributed by atoms with Gasteiger partial charge in [-0.15, -0.1) is 0 Å². The van der Waals surface area contributed by atoms with Crippen molar-refractivity contribution in [2.75, 3.05) is 26.3 Å². The van der Waals surface area contributed by atoms with Crippen molar-refractivity contribution in [3.63, 3.8) is 0 Å². The summed E-state index contributed by atoms with van der Waals surface area (Å²) in [5.41, 5.74) is 5.65. The van der Waals surface area contributed by atoms with Crippen LogP contribution in [0.15, 0.2) is 4.99 Å². The van der Waals surface area contributed by atoms with Crippen LogP contribution in [0.4, 0.5) is 0 Å². The molecule has 0 aliphatic heterocycles. The second-order valence-corrected chi connectivity index (χ2v) is 4.01. The van der Waals surface area contributed by atoms with Gasteiger partial charge in [0.05, 0.1) is 6.61 Å². The molecule has 4 nitrogen and oxygen atoms in total. The lowest BCUT2D eigenvalue weighted by Gasteiger charge is -2.07. The zero-order valence-electron chi connectivity index (χ0n) is 10.3. The van der Waals surface area contributed by atoms with Crippen LogP contribution < -0.4 is 11.1 Å². The number of aliphatic imine (C=N–C) groups is 1. The van der Waals surface area contributed by atoms with E-state index in [2.05, 4.69) is 31.1 Å². The molecule has 0 radical (unpaired) electrons. The number of unbranched alkanes of at least 4 members (excludes halogenated alkanes) is 1. The van der Waals surface area contributed by atoms with E-state index >= 15 is 0 Å². The third kappa shape index (κ3) is 11.2. The molecule has 4 heteroatoms. The first kappa shape index (κ1) is 14.2. The summed E-state index contributed by atoms with van der Waals surface area (Å²) in [6, 6.07) is 0. The van der Waals surface area contributed by atoms with E-state index < -0.39 is 0 Å². The van der Waals surface area contributed by atoms with Gasteiger partial charge in [-0.25, -0.2) is 0 Å². The van der Waals surface area contributed by atoms with Crippen LogP contribution in [-0.4, -0.2) is 32.3 Å². The minimum absolute atomic E-state index is 0.516. The summed E-state index contributed by atoms with van der Waals surface area (Å²) >= 11 is 0. The van der Waals surface area contributed by atoms with Crippen LogP contribution in [0.3, 0.4) is 0 Å². The molecule has 0 rings (SSSR count). The molecule has 90 valence electrons. The van der Waals surface area contributed by atoms with Gasteiger partial charge < -0.3 is 15.8 Å². The van der Waals surface area contributed by atoms with Gasteiger partial charge >= 0.3 is 0 Å². The first-order valence-electron chi connectivity index (χ1n) is 5.78. The van der Waals surface area contributed by atoms with E-state index in [-0.39, 0.29) is 0 Å². The topological polar surface area (TPSA) is 59.6 Å². The lowest BCUT2D eigenvalue weighted by molar-refractivity contribution is 0.136. The first-order valence-corrected chi connectivity index (χ1v) is 5.78. The maximum Gasteiger partial charge on any atom is 0.188 e. The van der Waals surface area contributed by atoms with E-state index in [1.807, 2.05) is 0 Å². The zero-order chi connectivity index (χ0) is 11.5. The van der Waals surface area contributed by atoms with Crippen molar-refractivity contribution in [2.45, 2.75) is 33.6 Å². The van der Waals surface area contributed by atoms with Crippen LogP contribution in [0.2, 0.25) is 0 Å². The Morgan fingerprint density at radius 3 is 2.73 bits per heavy atom. The highest BCUT2D eigenvalue weighted by molar-refractivity contribution is 5.77. The average Bonchev–Trinajstić information content (AvgIpc) is 2.20. The van der Waals surface area contributed by atoms with Gasteiger partial charge in [0, 0.05) is 19.7 Å². The van der Waals surface area contributed by atoms with E-state index in [0.717, 1.165) is 26.1 Å². The Balaban J connectivity index is 3.30. The minimum atomic E-state index is 0.516. The molecule has 0 aliphatic carbocycles. The number of hydrogen-bond acceptors (Lipinski definition) is 2. The van der Waals surface area contributed by atoms with Gasteiger partial charge in [-0.3, -0.25) is 4.99 Å². The van der Waals surface area contributed by atoms with Crippen molar-refractivity contribution in [3.05, 3.63) is 0 Å². The first-order chi connectivity index (χ1) is 7.16. The summed E-state index contributed by atoms with van der Waals surface area (Å²) in [7, 11) is 0.